The van der Waals surface area contributed by atoms with Gasteiger partial charge in [-0.3, -0.25) is 4.79 Å². The zero-order valence-corrected chi connectivity index (χ0v) is 34.9. The van der Waals surface area contributed by atoms with Crippen LogP contribution in [0.3, 0.4) is 0 Å². The van der Waals surface area contributed by atoms with E-state index < -0.39 is 37.6 Å². The first-order chi connectivity index (χ1) is 28.3. The molecule has 0 amide bonds. The van der Waals surface area contributed by atoms with Gasteiger partial charge in [0.15, 0.2) is 0 Å². The van der Waals surface area contributed by atoms with Crippen LogP contribution >= 0.6 is 0 Å². The first-order valence-corrected chi connectivity index (χ1v) is 20.4. The highest BCUT2D eigenvalue weighted by atomic mass is 16.6. The number of ketones is 1. The van der Waals surface area contributed by atoms with Gasteiger partial charge in [0.2, 0.25) is 0 Å². The first kappa shape index (κ1) is 56.9. The fourth-order valence-electron chi connectivity index (χ4n) is 4.52. The van der Waals surface area contributed by atoms with Gasteiger partial charge in [-0.05, 0) is 19.8 Å². The highest BCUT2D eigenvalue weighted by Gasteiger charge is 2.19. The summed E-state index contributed by atoms with van der Waals surface area (Å²) in [5.74, 6) is 0.115. The lowest BCUT2D eigenvalue weighted by atomic mass is 10.1. The van der Waals surface area contributed by atoms with Crippen LogP contribution < -0.4 is 0 Å². The Morgan fingerprint density at radius 3 is 0.810 bits per heavy atom. The number of nitrogens with zero attached hydrogens (tertiary/aromatic N) is 1. The normalized spacial score (nSPS) is 14.0. The number of ether oxygens (including phenoxy) is 12. The molecule has 0 fully saturated rings. The van der Waals surface area contributed by atoms with Gasteiger partial charge < -0.3 is 92.4 Å². The van der Waals surface area contributed by atoms with E-state index in [9.17, 15) is 25.2 Å². The number of rotatable bonds is 49. The van der Waals surface area contributed by atoms with Crippen LogP contribution in [0.15, 0.2) is 0 Å². The lowest BCUT2D eigenvalue weighted by Crippen LogP contribution is -2.38. The van der Waals surface area contributed by atoms with Crippen LogP contribution in [0.2, 0.25) is 0 Å². The SMILES string of the molecule is CC(=O)CCOCCOCCOCCOCCOCCOCCOCCOCCOCCOCCOCCOCCN(CC[C@@H](O)[C@@H](O)CO)CC[C@@H](O)[C@@H](O)CO. The zero-order valence-electron chi connectivity index (χ0n) is 34.9. The molecule has 0 heterocycles. The van der Waals surface area contributed by atoms with Gasteiger partial charge in [-0.25, -0.2) is 0 Å². The van der Waals surface area contributed by atoms with Crippen molar-refractivity contribution < 1.29 is 92.3 Å². The minimum absolute atomic E-state index is 0.115. The molecule has 0 aliphatic rings. The Morgan fingerprint density at radius 2 is 0.586 bits per heavy atom. The Bertz CT molecular complexity index is 819. The minimum Gasteiger partial charge on any atom is -0.394 e. The summed E-state index contributed by atoms with van der Waals surface area (Å²) in [4.78, 5) is 12.7. The van der Waals surface area contributed by atoms with Crippen molar-refractivity contribution in [2.45, 2.75) is 50.6 Å². The molecule has 0 saturated carbocycles. The first-order valence-electron chi connectivity index (χ1n) is 20.4. The lowest BCUT2D eigenvalue weighted by molar-refractivity contribution is -0.118. The fraction of sp³-hybridized carbons (Fsp3) is 0.974. The van der Waals surface area contributed by atoms with Crippen LogP contribution in [0.4, 0.5) is 0 Å². The Morgan fingerprint density at radius 1 is 0.362 bits per heavy atom. The van der Waals surface area contributed by atoms with Gasteiger partial charge in [-0.2, -0.15) is 0 Å². The van der Waals surface area contributed by atoms with E-state index >= 15 is 0 Å². The lowest BCUT2D eigenvalue weighted by Gasteiger charge is -2.26. The van der Waals surface area contributed by atoms with Gasteiger partial charge in [0.25, 0.3) is 0 Å². The van der Waals surface area contributed by atoms with Gasteiger partial charge in [-0.15, -0.1) is 0 Å². The van der Waals surface area contributed by atoms with E-state index in [1.807, 2.05) is 4.90 Å². The summed E-state index contributed by atoms with van der Waals surface area (Å²) in [6, 6.07) is 0. The van der Waals surface area contributed by atoms with Gasteiger partial charge in [0.1, 0.15) is 18.0 Å². The highest BCUT2D eigenvalue weighted by Crippen LogP contribution is 2.06. The van der Waals surface area contributed by atoms with Crippen LogP contribution in [-0.2, 0) is 61.6 Å². The molecule has 0 rings (SSSR count). The van der Waals surface area contributed by atoms with E-state index in [1.54, 1.807) is 6.92 Å². The maximum atomic E-state index is 10.8. The Balaban J connectivity index is 3.39. The maximum Gasteiger partial charge on any atom is 0.132 e. The average Bonchev–Trinajstić information content (AvgIpc) is 3.22. The summed E-state index contributed by atoms with van der Waals surface area (Å²) >= 11 is 0. The Labute approximate surface area is 344 Å². The molecule has 0 aromatic carbocycles. The fourth-order valence-corrected chi connectivity index (χ4v) is 4.52. The van der Waals surface area contributed by atoms with E-state index in [1.165, 1.54) is 0 Å². The number of hydrogen-bond donors (Lipinski definition) is 6. The van der Waals surface area contributed by atoms with Gasteiger partial charge in [-0.1, -0.05) is 0 Å². The van der Waals surface area contributed by atoms with Crippen molar-refractivity contribution >= 4 is 5.78 Å². The molecule has 0 aliphatic heterocycles. The number of hydrogen-bond acceptors (Lipinski definition) is 20. The highest BCUT2D eigenvalue weighted by molar-refractivity contribution is 5.75. The molecular formula is C38H77NO19. The molecule has 348 valence electrons. The zero-order chi connectivity index (χ0) is 42.6. The molecule has 0 saturated heterocycles. The largest absolute Gasteiger partial charge is 0.394 e. The third kappa shape index (κ3) is 41.6. The van der Waals surface area contributed by atoms with Crippen LogP contribution in [0.5, 0.6) is 0 Å². The summed E-state index contributed by atoms with van der Waals surface area (Å²) in [7, 11) is 0. The summed E-state index contributed by atoms with van der Waals surface area (Å²) < 4.78 is 65.5. The van der Waals surface area contributed by atoms with Crippen molar-refractivity contribution in [2.75, 3.05) is 191 Å². The Kier molecular flexibility index (Phi) is 44.6. The second kappa shape index (κ2) is 45.4. The van der Waals surface area contributed by atoms with E-state index in [-0.39, 0.29) is 18.6 Å². The van der Waals surface area contributed by atoms with Gasteiger partial charge >= 0.3 is 0 Å². The number of aliphatic hydroxyl groups excluding tert-OH is 6. The molecule has 0 spiro atoms. The predicted octanol–water partition coefficient (Wildman–Crippen LogP) is -2.32. The van der Waals surface area contributed by atoms with Crippen molar-refractivity contribution in [3.8, 4) is 0 Å². The predicted molar refractivity (Wildman–Crippen MR) is 209 cm³/mol. The van der Waals surface area contributed by atoms with E-state index in [2.05, 4.69) is 0 Å². The smallest absolute Gasteiger partial charge is 0.132 e. The molecule has 4 atom stereocenters. The molecule has 0 aliphatic carbocycles. The van der Waals surface area contributed by atoms with Gasteiger partial charge in [0.05, 0.1) is 184 Å². The quantitative estimate of drug-likeness (QED) is 0.0351. The van der Waals surface area contributed by atoms with Crippen molar-refractivity contribution in [3.63, 3.8) is 0 Å². The monoisotopic (exact) mass is 852 g/mol. The maximum absolute atomic E-state index is 10.8. The molecular weight excluding hydrogens is 774 g/mol. The van der Waals surface area contributed by atoms with Crippen molar-refractivity contribution in [2.24, 2.45) is 0 Å². The second-order valence-electron chi connectivity index (χ2n) is 12.9. The van der Waals surface area contributed by atoms with Crippen molar-refractivity contribution in [1.82, 2.24) is 4.90 Å². The van der Waals surface area contributed by atoms with E-state index in [0.29, 0.717) is 185 Å². The summed E-state index contributed by atoms with van der Waals surface area (Å²) in [5.41, 5.74) is 0. The van der Waals surface area contributed by atoms with Crippen LogP contribution in [-0.4, -0.2) is 257 Å². The summed E-state index contributed by atoms with van der Waals surface area (Å²) in [6.45, 7) is 12.4. The van der Waals surface area contributed by atoms with Crippen LogP contribution in [0.1, 0.15) is 26.2 Å². The molecule has 58 heavy (non-hydrogen) atoms. The van der Waals surface area contributed by atoms with Crippen LogP contribution in [0, 0.1) is 0 Å². The average molecular weight is 852 g/mol. The summed E-state index contributed by atoms with van der Waals surface area (Å²) in [5, 5.41) is 57.0. The number of aliphatic hydroxyl groups is 6. The molecule has 0 aromatic heterocycles. The number of carbonyl (C=O) groups excluding carboxylic acids is 1. The van der Waals surface area contributed by atoms with E-state index in [0.717, 1.165) is 0 Å². The molecule has 20 heteroatoms. The number of Topliss-reactive ketones (excluding diaryl/α,β-unsaturated/α-hetero) is 1. The minimum atomic E-state index is -1.24. The molecule has 0 aromatic rings. The molecule has 6 N–H and O–H groups in total. The molecule has 0 radical (unpaired) electrons. The van der Waals surface area contributed by atoms with Crippen molar-refractivity contribution in [3.05, 3.63) is 0 Å². The van der Waals surface area contributed by atoms with Crippen molar-refractivity contribution in [1.29, 1.82) is 0 Å². The molecule has 0 bridgehead atoms. The molecule has 20 nitrogen and oxygen atoms in total. The van der Waals surface area contributed by atoms with E-state index in [4.69, 9.17) is 67.1 Å². The standard InChI is InChI=1S/C38H77NO19/c1-34(42)4-8-47-10-12-49-14-16-51-18-20-53-22-24-55-26-28-57-30-31-58-29-27-56-25-23-54-21-19-52-17-15-50-13-11-48-9-7-39(5-2-35(43)37(45)32-40)6-3-36(44)38(46)33-41/h35-38,40-41,43-46H,2-33H2,1H3/t35-,36-,37+,38+/m1/s1. The van der Waals surface area contributed by atoms with Crippen LogP contribution in [0.25, 0.3) is 0 Å². The molecule has 0 unspecified atom stereocenters. The number of carbonyl (C=O) groups is 1. The van der Waals surface area contributed by atoms with Gasteiger partial charge in [0, 0.05) is 26.1 Å². The summed E-state index contributed by atoms with van der Waals surface area (Å²) in [6.07, 6.45) is -3.82. The third-order valence-corrected chi connectivity index (χ3v) is 7.99. The Hall–Kier alpha value is -1.09. The third-order valence-electron chi connectivity index (χ3n) is 7.99. The second-order valence-corrected chi connectivity index (χ2v) is 12.9. The topological polar surface area (TPSA) is 252 Å².